The zero-order chi connectivity index (χ0) is 14.7. The average Bonchev–Trinajstić information content (AvgIpc) is 2.96. The number of aromatic nitrogens is 1. The van der Waals surface area contributed by atoms with E-state index >= 15 is 0 Å². The number of nitrogens with one attached hydrogen (secondary N) is 1. The second-order valence-electron chi connectivity index (χ2n) is 5.88. The smallest absolute Gasteiger partial charge is 0.191 e. The third-order valence-corrected chi connectivity index (χ3v) is 4.14. The number of piperazine rings is 1. The molecule has 1 saturated heterocycles. The summed E-state index contributed by atoms with van der Waals surface area (Å²) in [6.07, 6.45) is 0. The summed E-state index contributed by atoms with van der Waals surface area (Å²) in [4.78, 5) is 0. The normalized spacial score (nSPS) is 17.6. The predicted molar refractivity (Wildman–Crippen MR) is 81.0 cm³/mol. The molecule has 2 aromatic rings. The highest BCUT2D eigenvalue weighted by Gasteiger charge is 2.26. The van der Waals surface area contributed by atoms with Gasteiger partial charge in [0.05, 0.1) is 27.2 Å². The first-order valence-electron chi connectivity index (χ1n) is 7.33. The Labute approximate surface area is 125 Å². The van der Waals surface area contributed by atoms with Crippen molar-refractivity contribution in [3.63, 3.8) is 0 Å². The molecule has 21 heavy (non-hydrogen) atoms. The fourth-order valence-electron chi connectivity index (χ4n) is 2.75. The molecule has 0 spiro atoms. The molecular formula is C16H22N3O2+. The highest BCUT2D eigenvalue weighted by atomic mass is 16.5. The quantitative estimate of drug-likeness (QED) is 0.873. The highest BCUT2D eigenvalue weighted by Crippen LogP contribution is 2.23. The van der Waals surface area contributed by atoms with Crippen LogP contribution in [0.2, 0.25) is 0 Å². The first-order chi connectivity index (χ1) is 10.2. The number of hydrogen-bond acceptors (Lipinski definition) is 4. The summed E-state index contributed by atoms with van der Waals surface area (Å²) in [7, 11) is 3.94. The average molecular weight is 288 g/mol. The Morgan fingerprint density at radius 3 is 2.62 bits per heavy atom. The molecule has 5 heteroatoms. The molecule has 1 fully saturated rings. The van der Waals surface area contributed by atoms with Gasteiger partial charge in [-0.2, -0.15) is 0 Å². The van der Waals surface area contributed by atoms with E-state index in [1.807, 2.05) is 30.3 Å². The number of rotatable bonds is 4. The molecule has 0 radical (unpaired) electrons. The van der Waals surface area contributed by atoms with Crippen LogP contribution >= 0.6 is 0 Å². The Morgan fingerprint density at radius 1 is 1.24 bits per heavy atom. The van der Waals surface area contributed by atoms with Gasteiger partial charge in [0.1, 0.15) is 18.0 Å². The van der Waals surface area contributed by atoms with Crippen LogP contribution in [0.15, 0.2) is 34.9 Å². The van der Waals surface area contributed by atoms with Crippen LogP contribution in [0, 0.1) is 0 Å². The van der Waals surface area contributed by atoms with Gasteiger partial charge in [0.25, 0.3) is 0 Å². The number of ether oxygens (including phenoxy) is 1. The van der Waals surface area contributed by atoms with E-state index < -0.39 is 0 Å². The van der Waals surface area contributed by atoms with Crippen molar-refractivity contribution in [2.24, 2.45) is 0 Å². The lowest BCUT2D eigenvalue weighted by molar-refractivity contribution is -0.925. The molecule has 1 aromatic carbocycles. The summed E-state index contributed by atoms with van der Waals surface area (Å²) < 4.78 is 11.7. The molecule has 112 valence electrons. The largest absolute Gasteiger partial charge is 0.497 e. The lowest BCUT2D eigenvalue weighted by Crippen LogP contribution is -2.55. The Kier molecular flexibility index (Phi) is 3.94. The minimum Gasteiger partial charge on any atom is -0.497 e. The number of hydrogen-bond donors (Lipinski definition) is 1. The summed E-state index contributed by atoms with van der Waals surface area (Å²) in [5.74, 6) is 1.80. The van der Waals surface area contributed by atoms with Gasteiger partial charge in [-0.05, 0) is 24.3 Å². The maximum atomic E-state index is 5.53. The predicted octanol–water partition coefficient (Wildman–Crippen LogP) is 1.90. The maximum Gasteiger partial charge on any atom is 0.191 e. The van der Waals surface area contributed by atoms with Gasteiger partial charge in [-0.15, -0.1) is 0 Å². The van der Waals surface area contributed by atoms with Gasteiger partial charge in [0, 0.05) is 24.7 Å². The minimum absolute atomic E-state index is 0.848. The van der Waals surface area contributed by atoms with Crippen molar-refractivity contribution in [1.29, 1.82) is 0 Å². The van der Waals surface area contributed by atoms with Gasteiger partial charge >= 0.3 is 0 Å². The van der Waals surface area contributed by atoms with E-state index in [9.17, 15) is 0 Å². The summed E-state index contributed by atoms with van der Waals surface area (Å²) in [5.41, 5.74) is 1.93. The summed E-state index contributed by atoms with van der Waals surface area (Å²) in [5, 5.41) is 7.59. The van der Waals surface area contributed by atoms with E-state index in [0.29, 0.717) is 0 Å². The summed E-state index contributed by atoms with van der Waals surface area (Å²) in [6, 6.07) is 9.93. The van der Waals surface area contributed by atoms with Crippen LogP contribution in [0.3, 0.4) is 0 Å². The molecule has 0 atom stereocenters. The van der Waals surface area contributed by atoms with Crippen molar-refractivity contribution in [3.8, 4) is 17.0 Å². The number of quaternary nitrogens is 1. The van der Waals surface area contributed by atoms with E-state index in [4.69, 9.17) is 9.26 Å². The van der Waals surface area contributed by atoms with Gasteiger partial charge in [-0.3, -0.25) is 0 Å². The number of methoxy groups -OCH3 is 1. The number of likely N-dealkylation sites (N-methyl/N-ethyl adjacent to an activating group) is 1. The van der Waals surface area contributed by atoms with Crippen LogP contribution < -0.4 is 10.1 Å². The van der Waals surface area contributed by atoms with Crippen LogP contribution in [-0.2, 0) is 6.54 Å². The third-order valence-electron chi connectivity index (χ3n) is 4.14. The van der Waals surface area contributed by atoms with Gasteiger partial charge in [-0.25, -0.2) is 0 Å². The molecule has 0 bridgehead atoms. The molecule has 0 unspecified atom stereocenters. The van der Waals surface area contributed by atoms with Crippen LogP contribution in [-0.4, -0.2) is 50.0 Å². The van der Waals surface area contributed by atoms with Crippen molar-refractivity contribution in [3.05, 3.63) is 36.1 Å². The molecule has 1 aliphatic heterocycles. The van der Waals surface area contributed by atoms with Crippen LogP contribution in [0.5, 0.6) is 5.75 Å². The fraction of sp³-hybridized carbons (Fsp3) is 0.438. The third kappa shape index (κ3) is 3.25. The molecule has 1 aromatic heterocycles. The first-order valence-corrected chi connectivity index (χ1v) is 7.33. The van der Waals surface area contributed by atoms with Crippen molar-refractivity contribution in [2.75, 3.05) is 40.3 Å². The van der Waals surface area contributed by atoms with Gasteiger partial charge in [-0.1, -0.05) is 5.16 Å². The molecule has 3 rings (SSSR count). The van der Waals surface area contributed by atoms with Crippen LogP contribution in [0.4, 0.5) is 0 Å². The Morgan fingerprint density at radius 2 is 1.95 bits per heavy atom. The van der Waals surface area contributed by atoms with Crippen LogP contribution in [0.25, 0.3) is 11.3 Å². The molecule has 1 N–H and O–H groups in total. The van der Waals surface area contributed by atoms with E-state index in [1.165, 1.54) is 0 Å². The molecule has 0 saturated carbocycles. The first kappa shape index (κ1) is 14.1. The monoisotopic (exact) mass is 288 g/mol. The zero-order valence-corrected chi connectivity index (χ0v) is 12.6. The second kappa shape index (κ2) is 5.87. The summed E-state index contributed by atoms with van der Waals surface area (Å²) >= 11 is 0. The lowest BCUT2D eigenvalue weighted by atomic mass is 10.1. The molecule has 0 amide bonds. The minimum atomic E-state index is 0.848. The molecule has 5 nitrogen and oxygen atoms in total. The molecule has 0 aliphatic carbocycles. The van der Waals surface area contributed by atoms with E-state index in [0.717, 1.165) is 60.0 Å². The van der Waals surface area contributed by atoms with E-state index in [2.05, 4.69) is 17.5 Å². The summed E-state index contributed by atoms with van der Waals surface area (Å²) in [6.45, 7) is 5.27. The topological polar surface area (TPSA) is 47.3 Å². The van der Waals surface area contributed by atoms with Gasteiger partial charge in [0.15, 0.2) is 5.76 Å². The molecule has 2 heterocycles. The Hall–Kier alpha value is -1.85. The van der Waals surface area contributed by atoms with Gasteiger partial charge < -0.3 is 19.1 Å². The Balaban J connectivity index is 1.73. The Bertz CT molecular complexity index is 586. The van der Waals surface area contributed by atoms with Crippen LogP contribution in [0.1, 0.15) is 5.76 Å². The molecule has 1 aliphatic rings. The standard InChI is InChI=1S/C16H22N3O2/c1-19(9-7-17-8-10-19)12-15-11-16(18-21-15)13-3-5-14(20-2)6-4-13/h3-6,11,17H,7-10,12H2,1-2H3/q+1. The van der Waals surface area contributed by atoms with E-state index in [-0.39, 0.29) is 0 Å². The van der Waals surface area contributed by atoms with E-state index in [1.54, 1.807) is 7.11 Å². The second-order valence-corrected chi connectivity index (χ2v) is 5.88. The SMILES string of the molecule is COc1ccc(-c2cc(C[N+]3(C)CCNCC3)on2)cc1. The fourth-order valence-corrected chi connectivity index (χ4v) is 2.75. The number of benzene rings is 1. The number of nitrogens with zero attached hydrogens (tertiary/aromatic N) is 2. The highest BCUT2D eigenvalue weighted by molar-refractivity contribution is 5.59. The zero-order valence-electron chi connectivity index (χ0n) is 12.6. The maximum absolute atomic E-state index is 5.53. The lowest BCUT2D eigenvalue weighted by Gasteiger charge is -2.37. The van der Waals surface area contributed by atoms with Gasteiger partial charge in [0.2, 0.25) is 0 Å². The van der Waals surface area contributed by atoms with Crippen molar-refractivity contribution in [1.82, 2.24) is 10.5 Å². The van der Waals surface area contributed by atoms with Crippen molar-refractivity contribution in [2.45, 2.75) is 6.54 Å². The molecular weight excluding hydrogens is 266 g/mol. The van der Waals surface area contributed by atoms with Crippen molar-refractivity contribution < 1.29 is 13.7 Å². The van der Waals surface area contributed by atoms with Crippen molar-refractivity contribution >= 4 is 0 Å².